The number of rotatable bonds is 10. The number of carbonyl (C=O) groups excluding carboxylic acids is 4. The fourth-order valence-corrected chi connectivity index (χ4v) is 4.77. The highest BCUT2D eigenvalue weighted by Crippen LogP contribution is 2.32. The molecule has 0 aliphatic rings. The number of aromatic carboxylic acids is 2. The largest absolute Gasteiger partial charge is 0.507 e. The Morgan fingerprint density at radius 2 is 0.850 bits per heavy atom. The zero-order chi connectivity index (χ0) is 46.3. The van der Waals surface area contributed by atoms with Gasteiger partial charge in [-0.2, -0.15) is 0 Å². The van der Waals surface area contributed by atoms with Crippen molar-refractivity contribution in [3.8, 4) is 40.2 Å². The van der Waals surface area contributed by atoms with Crippen LogP contribution in [0.4, 0.5) is 0 Å². The van der Waals surface area contributed by atoms with E-state index in [9.17, 15) is 44.1 Å². The minimum absolute atomic E-state index is 0.0402. The third kappa shape index (κ3) is 14.6. The highest BCUT2D eigenvalue weighted by molar-refractivity contribution is 6.08. The van der Waals surface area contributed by atoms with Crippen LogP contribution in [0.1, 0.15) is 123 Å². The van der Waals surface area contributed by atoms with Crippen molar-refractivity contribution in [2.24, 2.45) is 11.8 Å². The SMILES string of the molecule is CC(C)C(=O)c1ccc(O)c(O)c1.CC(C)NC(=O)c1ccc(O)c(O)c1.CC(C)NC(=O)c1ccc(O)c(O)c1C(=O)O.Cc1ccc(C(=O)C(C)C)c(C(=O)O)c1O. The first-order valence-corrected chi connectivity index (χ1v) is 18.3. The number of ketones is 2. The average Bonchev–Trinajstić information content (AvgIpc) is 3.15. The number of phenols is 7. The summed E-state index contributed by atoms with van der Waals surface area (Å²) < 4.78 is 0. The Morgan fingerprint density at radius 1 is 0.450 bits per heavy atom. The molecular weight excluding hydrogens is 784 g/mol. The molecule has 0 spiro atoms. The standard InChI is InChI=1S/C12H14O4.C11H13NO5.C10H13NO3.C10H12O3/c1-6(2)10(13)8-5-4-7(3)11(14)9(8)12(15)16;1-5(2)12-10(15)6-3-4-7(13)9(14)8(6)11(16)17;1-6(2)11-10(14)7-3-4-8(12)9(13)5-7;1-6(2)10(13)7-3-4-8(11)9(12)5-7/h4-6,14H,1-3H3,(H,15,16);3-5,13-14H,1-2H3,(H,12,15)(H,16,17);3-6,12-13H,1-2H3,(H,11,14);3-6,11-12H,1-2H3. The number of carbonyl (C=O) groups is 6. The minimum Gasteiger partial charge on any atom is -0.507 e. The summed E-state index contributed by atoms with van der Waals surface area (Å²) in [5, 5.41) is 87.6. The van der Waals surface area contributed by atoms with Crippen molar-refractivity contribution in [3.05, 3.63) is 99.6 Å². The fourth-order valence-electron chi connectivity index (χ4n) is 4.77. The summed E-state index contributed by atoms with van der Waals surface area (Å²) in [7, 11) is 0. The maximum absolute atomic E-state index is 11.8. The van der Waals surface area contributed by atoms with Crippen LogP contribution in [-0.4, -0.2) is 93.4 Å². The Labute approximate surface area is 346 Å². The van der Waals surface area contributed by atoms with E-state index >= 15 is 0 Å². The second-order valence-electron chi connectivity index (χ2n) is 14.3. The molecule has 0 atom stereocenters. The van der Waals surface area contributed by atoms with Gasteiger partial charge in [-0.25, -0.2) is 9.59 Å². The lowest BCUT2D eigenvalue weighted by Crippen LogP contribution is -2.31. The first kappa shape index (κ1) is 50.7. The van der Waals surface area contributed by atoms with Gasteiger partial charge in [0, 0.05) is 40.6 Å². The summed E-state index contributed by atoms with van der Waals surface area (Å²) in [6.07, 6.45) is 0. The van der Waals surface area contributed by atoms with Gasteiger partial charge in [-0.3, -0.25) is 19.2 Å². The van der Waals surface area contributed by atoms with Crippen LogP contribution in [0.3, 0.4) is 0 Å². The number of amides is 2. The zero-order valence-electron chi connectivity index (χ0n) is 34.6. The van der Waals surface area contributed by atoms with E-state index in [-0.39, 0.29) is 86.8 Å². The summed E-state index contributed by atoms with van der Waals surface area (Å²) in [6, 6.07) is 13.1. The van der Waals surface area contributed by atoms with E-state index in [0.717, 1.165) is 12.1 Å². The minimum atomic E-state index is -1.48. The van der Waals surface area contributed by atoms with Gasteiger partial charge >= 0.3 is 11.9 Å². The average molecular weight is 837 g/mol. The number of Topliss-reactive ketones (excluding diaryl/α,β-unsaturated/α-hetero) is 2. The molecule has 17 heteroatoms. The van der Waals surface area contributed by atoms with Crippen LogP contribution in [-0.2, 0) is 0 Å². The highest BCUT2D eigenvalue weighted by atomic mass is 16.4. The Hall–Kier alpha value is -7.30. The highest BCUT2D eigenvalue weighted by Gasteiger charge is 2.24. The van der Waals surface area contributed by atoms with Gasteiger partial charge in [-0.05, 0) is 94.8 Å². The van der Waals surface area contributed by atoms with Crippen molar-refractivity contribution in [3.63, 3.8) is 0 Å². The number of hydrogen-bond donors (Lipinski definition) is 11. The molecule has 0 aromatic heterocycles. The maximum atomic E-state index is 11.8. The number of phenolic OH excluding ortho intramolecular Hbond substituents is 5. The predicted molar refractivity (Wildman–Crippen MR) is 220 cm³/mol. The van der Waals surface area contributed by atoms with Gasteiger partial charge in [0.2, 0.25) is 0 Å². The van der Waals surface area contributed by atoms with Crippen molar-refractivity contribution in [1.29, 1.82) is 0 Å². The van der Waals surface area contributed by atoms with E-state index in [1.54, 1.807) is 48.5 Å². The van der Waals surface area contributed by atoms with Crippen LogP contribution in [0, 0.1) is 18.8 Å². The molecule has 0 unspecified atom stereocenters. The zero-order valence-corrected chi connectivity index (χ0v) is 34.6. The third-order valence-electron chi connectivity index (χ3n) is 7.86. The van der Waals surface area contributed by atoms with Gasteiger partial charge in [0.1, 0.15) is 16.9 Å². The number of benzene rings is 4. The Balaban J connectivity index is 0.000000402. The van der Waals surface area contributed by atoms with Gasteiger partial charge in [0.25, 0.3) is 11.8 Å². The molecule has 0 radical (unpaired) electrons. The van der Waals surface area contributed by atoms with Crippen LogP contribution >= 0.6 is 0 Å². The van der Waals surface area contributed by atoms with Crippen molar-refractivity contribution >= 4 is 35.3 Å². The van der Waals surface area contributed by atoms with Crippen molar-refractivity contribution in [1.82, 2.24) is 10.6 Å². The molecule has 2 amide bonds. The van der Waals surface area contributed by atoms with E-state index in [4.69, 9.17) is 30.6 Å². The molecule has 0 saturated heterocycles. The molecule has 4 aromatic carbocycles. The van der Waals surface area contributed by atoms with Crippen LogP contribution in [0.15, 0.2) is 60.7 Å². The van der Waals surface area contributed by atoms with Crippen LogP contribution < -0.4 is 10.6 Å². The van der Waals surface area contributed by atoms with Crippen molar-refractivity contribution < 1.29 is 74.7 Å². The topological polar surface area (TPSA) is 309 Å². The predicted octanol–water partition coefficient (Wildman–Crippen LogP) is 6.34. The van der Waals surface area contributed by atoms with E-state index < -0.39 is 34.9 Å². The molecule has 324 valence electrons. The van der Waals surface area contributed by atoms with Gasteiger partial charge in [-0.15, -0.1) is 0 Å². The molecular formula is C43H52N2O15. The number of nitrogens with one attached hydrogen (secondary N) is 2. The fraction of sp³-hybridized carbons (Fsp3) is 0.302. The molecule has 4 aromatic rings. The second kappa shape index (κ2) is 22.6. The number of carboxylic acid groups (broad SMARTS) is 2. The maximum Gasteiger partial charge on any atom is 0.340 e. The number of aromatic hydroxyl groups is 7. The van der Waals surface area contributed by atoms with Gasteiger partial charge in [0.15, 0.2) is 46.1 Å². The molecule has 0 bridgehead atoms. The number of aryl methyl sites for hydroxylation is 1. The first-order valence-electron chi connectivity index (χ1n) is 18.3. The van der Waals surface area contributed by atoms with Crippen LogP contribution in [0.5, 0.6) is 40.2 Å². The van der Waals surface area contributed by atoms with Crippen LogP contribution in [0.2, 0.25) is 0 Å². The van der Waals surface area contributed by atoms with E-state index in [2.05, 4.69) is 10.6 Å². The summed E-state index contributed by atoms with van der Waals surface area (Å²) in [5.74, 6) is -7.11. The van der Waals surface area contributed by atoms with Gasteiger partial charge < -0.3 is 56.6 Å². The van der Waals surface area contributed by atoms with Crippen LogP contribution in [0.25, 0.3) is 0 Å². The summed E-state index contributed by atoms with van der Waals surface area (Å²) in [6.45, 7) is 15.7. The van der Waals surface area contributed by atoms with Gasteiger partial charge in [-0.1, -0.05) is 33.8 Å². The summed E-state index contributed by atoms with van der Waals surface area (Å²) in [4.78, 5) is 68.2. The lowest BCUT2D eigenvalue weighted by atomic mass is 9.94. The molecule has 17 nitrogen and oxygen atoms in total. The van der Waals surface area contributed by atoms with E-state index in [1.807, 2.05) is 13.8 Å². The number of hydrogen-bond acceptors (Lipinski definition) is 13. The summed E-state index contributed by atoms with van der Waals surface area (Å²) in [5.41, 5.74) is 0.144. The third-order valence-corrected chi connectivity index (χ3v) is 7.86. The Morgan fingerprint density at radius 3 is 1.28 bits per heavy atom. The molecule has 0 saturated carbocycles. The quantitative estimate of drug-likeness (QED) is 0.0613. The molecule has 4 rings (SSSR count). The second-order valence-corrected chi connectivity index (χ2v) is 14.3. The van der Waals surface area contributed by atoms with E-state index in [1.165, 1.54) is 48.5 Å². The number of carboxylic acids is 2. The lowest BCUT2D eigenvalue weighted by molar-refractivity contribution is 0.0678. The monoisotopic (exact) mass is 836 g/mol. The normalized spacial score (nSPS) is 10.3. The molecule has 0 heterocycles. The molecule has 60 heavy (non-hydrogen) atoms. The Bertz CT molecular complexity index is 2210. The van der Waals surface area contributed by atoms with Crippen molar-refractivity contribution in [2.75, 3.05) is 0 Å². The Kier molecular flexibility index (Phi) is 19.1. The van der Waals surface area contributed by atoms with E-state index in [0.29, 0.717) is 16.7 Å². The lowest BCUT2D eigenvalue weighted by Gasteiger charge is -2.11. The molecule has 0 aliphatic heterocycles. The first-order chi connectivity index (χ1) is 27.7. The molecule has 11 N–H and O–H groups in total. The van der Waals surface area contributed by atoms with Gasteiger partial charge in [0.05, 0.1) is 5.56 Å². The molecule has 0 aliphatic carbocycles. The summed E-state index contributed by atoms with van der Waals surface area (Å²) >= 11 is 0. The smallest absolute Gasteiger partial charge is 0.340 e. The van der Waals surface area contributed by atoms with Crippen molar-refractivity contribution in [2.45, 2.75) is 74.4 Å². The molecule has 0 fully saturated rings.